The van der Waals surface area contributed by atoms with E-state index in [9.17, 15) is 0 Å². The Morgan fingerprint density at radius 2 is 2.22 bits per heavy atom. The van der Waals surface area contributed by atoms with E-state index in [1.165, 1.54) is 45.2 Å². The van der Waals surface area contributed by atoms with Crippen molar-refractivity contribution < 1.29 is 4.74 Å². The van der Waals surface area contributed by atoms with Crippen molar-refractivity contribution in [2.24, 2.45) is 5.92 Å². The molecule has 0 aromatic carbocycles. The summed E-state index contributed by atoms with van der Waals surface area (Å²) in [4.78, 5) is 2.48. The lowest BCUT2D eigenvalue weighted by Crippen LogP contribution is -2.33. The Balaban J connectivity index is 2.06. The number of ether oxygens (including phenoxy) is 1. The van der Waals surface area contributed by atoms with Crippen LogP contribution in [0.3, 0.4) is 0 Å². The molecular weight excluding hydrogens is 224 g/mol. The van der Waals surface area contributed by atoms with Crippen molar-refractivity contribution in [3.8, 4) is 0 Å². The van der Waals surface area contributed by atoms with Gasteiger partial charge >= 0.3 is 0 Å². The summed E-state index contributed by atoms with van der Waals surface area (Å²) in [6, 6.07) is 0.710. The van der Waals surface area contributed by atoms with Crippen molar-refractivity contribution in [1.29, 1.82) is 0 Å². The van der Waals surface area contributed by atoms with Crippen LogP contribution in [0.25, 0.3) is 0 Å². The molecule has 2 unspecified atom stereocenters. The maximum Gasteiger partial charge on any atom is 0.0506 e. The van der Waals surface area contributed by atoms with Crippen LogP contribution in [-0.4, -0.2) is 50.8 Å². The summed E-state index contributed by atoms with van der Waals surface area (Å²) in [6.45, 7) is 9.93. The molecule has 2 atom stereocenters. The summed E-state index contributed by atoms with van der Waals surface area (Å²) in [6.07, 6.45) is 6.44. The molecule has 0 bridgehead atoms. The van der Waals surface area contributed by atoms with Crippen LogP contribution in [0, 0.1) is 5.92 Å². The molecule has 1 fully saturated rings. The highest BCUT2D eigenvalue weighted by atomic mass is 16.5. The van der Waals surface area contributed by atoms with Crippen molar-refractivity contribution in [1.82, 2.24) is 10.2 Å². The zero-order chi connectivity index (χ0) is 13.2. The second-order valence-electron chi connectivity index (χ2n) is 5.65. The monoisotopic (exact) mass is 256 g/mol. The Hall–Kier alpha value is -0.120. The minimum Gasteiger partial charge on any atom is -0.381 e. The van der Waals surface area contributed by atoms with Gasteiger partial charge in [-0.1, -0.05) is 13.8 Å². The molecule has 1 saturated heterocycles. The summed E-state index contributed by atoms with van der Waals surface area (Å²) >= 11 is 0. The molecule has 0 saturated carbocycles. The first-order valence-corrected chi connectivity index (χ1v) is 7.75. The highest BCUT2D eigenvalue weighted by molar-refractivity contribution is 4.69. The molecule has 0 aromatic heterocycles. The van der Waals surface area contributed by atoms with E-state index in [0.29, 0.717) is 6.04 Å². The summed E-state index contributed by atoms with van der Waals surface area (Å²) in [5.74, 6) is 0.763. The molecule has 1 aliphatic heterocycles. The van der Waals surface area contributed by atoms with Crippen LogP contribution in [0.1, 0.15) is 46.0 Å². The van der Waals surface area contributed by atoms with Crippen LogP contribution in [0.15, 0.2) is 0 Å². The number of rotatable bonds is 9. The molecule has 0 aromatic rings. The van der Waals surface area contributed by atoms with Gasteiger partial charge in [0.2, 0.25) is 0 Å². The van der Waals surface area contributed by atoms with Gasteiger partial charge in [-0.05, 0) is 58.2 Å². The number of nitrogens with one attached hydrogen (secondary N) is 1. The maximum absolute atomic E-state index is 5.54. The Bertz CT molecular complexity index is 193. The largest absolute Gasteiger partial charge is 0.381 e. The lowest BCUT2D eigenvalue weighted by molar-refractivity contribution is 0.0418. The molecule has 0 spiro atoms. The van der Waals surface area contributed by atoms with E-state index < -0.39 is 0 Å². The first kappa shape index (κ1) is 15.9. The lowest BCUT2D eigenvalue weighted by atomic mass is 10.0. The summed E-state index contributed by atoms with van der Waals surface area (Å²) < 4.78 is 5.54. The van der Waals surface area contributed by atoms with Gasteiger partial charge < -0.3 is 15.0 Å². The molecule has 0 aliphatic carbocycles. The highest BCUT2D eigenvalue weighted by Crippen LogP contribution is 2.14. The van der Waals surface area contributed by atoms with Crippen LogP contribution in [0.5, 0.6) is 0 Å². The van der Waals surface area contributed by atoms with Gasteiger partial charge in [0, 0.05) is 19.2 Å². The molecule has 18 heavy (non-hydrogen) atoms. The van der Waals surface area contributed by atoms with Crippen LogP contribution >= 0.6 is 0 Å². The molecule has 1 heterocycles. The smallest absolute Gasteiger partial charge is 0.0506 e. The van der Waals surface area contributed by atoms with E-state index in [2.05, 4.69) is 31.1 Å². The molecule has 3 nitrogen and oxygen atoms in total. The van der Waals surface area contributed by atoms with Crippen molar-refractivity contribution in [3.63, 3.8) is 0 Å². The molecule has 0 radical (unpaired) electrons. The average Bonchev–Trinajstić information content (AvgIpc) is 2.39. The van der Waals surface area contributed by atoms with Gasteiger partial charge in [0.25, 0.3) is 0 Å². The normalized spacial score (nSPS) is 22.3. The van der Waals surface area contributed by atoms with E-state index in [1.54, 1.807) is 0 Å². The van der Waals surface area contributed by atoms with Gasteiger partial charge in [-0.2, -0.15) is 0 Å². The topological polar surface area (TPSA) is 24.5 Å². The van der Waals surface area contributed by atoms with Gasteiger partial charge in [-0.3, -0.25) is 0 Å². The third-order valence-electron chi connectivity index (χ3n) is 3.90. The van der Waals surface area contributed by atoms with Gasteiger partial charge in [0.15, 0.2) is 0 Å². The van der Waals surface area contributed by atoms with E-state index in [4.69, 9.17) is 4.74 Å². The summed E-state index contributed by atoms with van der Waals surface area (Å²) in [5, 5.41) is 3.55. The quantitative estimate of drug-likeness (QED) is 0.686. The minimum absolute atomic E-state index is 0.710. The second kappa shape index (κ2) is 9.76. The highest BCUT2D eigenvalue weighted by Gasteiger charge is 2.15. The van der Waals surface area contributed by atoms with Crippen molar-refractivity contribution in [2.75, 3.05) is 39.9 Å². The van der Waals surface area contributed by atoms with Gasteiger partial charge in [-0.25, -0.2) is 0 Å². The maximum atomic E-state index is 5.54. The first-order chi connectivity index (χ1) is 8.76. The fraction of sp³-hybridized carbons (Fsp3) is 1.00. The van der Waals surface area contributed by atoms with Crippen LogP contribution in [0.2, 0.25) is 0 Å². The van der Waals surface area contributed by atoms with Gasteiger partial charge in [0.1, 0.15) is 0 Å². The minimum atomic E-state index is 0.710. The fourth-order valence-corrected chi connectivity index (χ4v) is 2.83. The first-order valence-electron chi connectivity index (χ1n) is 7.75. The van der Waals surface area contributed by atoms with Crippen molar-refractivity contribution >= 4 is 0 Å². The van der Waals surface area contributed by atoms with E-state index in [0.717, 1.165) is 25.7 Å². The molecule has 1 aliphatic rings. The Morgan fingerprint density at radius 3 is 2.83 bits per heavy atom. The SMILES string of the molecule is CCNC(CC)CCCN(C)CC1CCCOC1. The van der Waals surface area contributed by atoms with E-state index in [-0.39, 0.29) is 0 Å². The second-order valence-corrected chi connectivity index (χ2v) is 5.65. The zero-order valence-electron chi connectivity index (χ0n) is 12.6. The van der Waals surface area contributed by atoms with Gasteiger partial charge in [-0.15, -0.1) is 0 Å². The number of nitrogens with zero attached hydrogens (tertiary/aromatic N) is 1. The van der Waals surface area contributed by atoms with Crippen LogP contribution < -0.4 is 5.32 Å². The van der Waals surface area contributed by atoms with E-state index >= 15 is 0 Å². The van der Waals surface area contributed by atoms with Crippen LogP contribution in [-0.2, 0) is 4.74 Å². The van der Waals surface area contributed by atoms with Crippen LogP contribution in [0.4, 0.5) is 0 Å². The third-order valence-corrected chi connectivity index (χ3v) is 3.90. The number of hydrogen-bond donors (Lipinski definition) is 1. The standard InChI is InChI=1S/C15H32N2O/c1-4-15(16-5-2)9-6-10-17(3)12-14-8-7-11-18-13-14/h14-16H,4-13H2,1-3H3. The van der Waals surface area contributed by atoms with Gasteiger partial charge in [0.05, 0.1) is 6.61 Å². The predicted octanol–water partition coefficient (Wildman–Crippen LogP) is 2.51. The Morgan fingerprint density at radius 1 is 1.39 bits per heavy atom. The summed E-state index contributed by atoms with van der Waals surface area (Å²) in [5.41, 5.74) is 0. The molecule has 0 amide bonds. The van der Waals surface area contributed by atoms with Crippen molar-refractivity contribution in [2.45, 2.75) is 52.0 Å². The molecule has 1 N–H and O–H groups in total. The molecule has 3 heteroatoms. The zero-order valence-corrected chi connectivity index (χ0v) is 12.6. The Labute approximate surface area is 113 Å². The molecule has 1 rings (SSSR count). The third kappa shape index (κ3) is 6.72. The number of hydrogen-bond acceptors (Lipinski definition) is 3. The van der Waals surface area contributed by atoms with Crippen molar-refractivity contribution in [3.05, 3.63) is 0 Å². The summed E-state index contributed by atoms with van der Waals surface area (Å²) in [7, 11) is 2.25. The Kier molecular flexibility index (Phi) is 8.64. The molecular formula is C15H32N2O. The average molecular weight is 256 g/mol. The predicted molar refractivity (Wildman–Crippen MR) is 78.0 cm³/mol. The lowest BCUT2D eigenvalue weighted by Gasteiger charge is -2.27. The molecule has 108 valence electrons. The fourth-order valence-electron chi connectivity index (χ4n) is 2.83. The van der Waals surface area contributed by atoms with E-state index in [1.807, 2.05) is 0 Å².